The fraction of sp³-hybridized carbons (Fsp3) is 0.565. The number of nitrogens with two attached hydrogens (primary N) is 1. The third kappa shape index (κ3) is 7.34. The molecule has 9 heteroatoms. The number of aromatic nitrogens is 3. The van der Waals surface area contributed by atoms with Gasteiger partial charge in [0.1, 0.15) is 5.82 Å². The highest BCUT2D eigenvalue weighted by Gasteiger charge is 2.22. The molecule has 2 amide bonds. The lowest BCUT2D eigenvalue weighted by atomic mass is 9.97. The van der Waals surface area contributed by atoms with Gasteiger partial charge in [-0.2, -0.15) is 0 Å². The first kappa shape index (κ1) is 24.3. The average Bonchev–Trinajstić information content (AvgIpc) is 3.41. The van der Waals surface area contributed by atoms with Crippen molar-refractivity contribution in [2.45, 2.75) is 69.8 Å². The third-order valence-corrected chi connectivity index (χ3v) is 6.34. The SMILES string of the molecule is CC(C)CC(NC(=O)CSc1nnc(CCC(N)=O)n1CC1CCCO1)c1ccccc1. The van der Waals surface area contributed by atoms with Gasteiger partial charge >= 0.3 is 0 Å². The maximum atomic E-state index is 12.8. The van der Waals surface area contributed by atoms with E-state index in [-0.39, 0.29) is 36.1 Å². The van der Waals surface area contributed by atoms with Crippen LogP contribution in [0.3, 0.4) is 0 Å². The van der Waals surface area contributed by atoms with Crippen LogP contribution in [0, 0.1) is 5.92 Å². The quantitative estimate of drug-likeness (QED) is 0.472. The summed E-state index contributed by atoms with van der Waals surface area (Å²) in [6.45, 7) is 5.67. The van der Waals surface area contributed by atoms with E-state index in [1.807, 2.05) is 34.9 Å². The van der Waals surface area contributed by atoms with Gasteiger partial charge in [0.05, 0.1) is 24.4 Å². The van der Waals surface area contributed by atoms with Crippen molar-refractivity contribution in [1.82, 2.24) is 20.1 Å². The largest absolute Gasteiger partial charge is 0.376 e. The molecule has 1 aromatic carbocycles. The molecule has 3 N–H and O–H groups in total. The van der Waals surface area contributed by atoms with Crippen molar-refractivity contribution in [3.05, 3.63) is 41.7 Å². The van der Waals surface area contributed by atoms with Gasteiger partial charge in [-0.3, -0.25) is 9.59 Å². The van der Waals surface area contributed by atoms with E-state index >= 15 is 0 Å². The number of primary amides is 1. The van der Waals surface area contributed by atoms with E-state index in [2.05, 4.69) is 29.4 Å². The molecule has 1 aromatic heterocycles. The van der Waals surface area contributed by atoms with Crippen molar-refractivity contribution in [3.8, 4) is 0 Å². The minimum atomic E-state index is -0.373. The first-order chi connectivity index (χ1) is 15.4. The summed E-state index contributed by atoms with van der Waals surface area (Å²) in [7, 11) is 0. The third-order valence-electron chi connectivity index (χ3n) is 5.38. The number of aryl methyl sites for hydroxylation is 1. The van der Waals surface area contributed by atoms with Gasteiger partial charge in [0.25, 0.3) is 0 Å². The Kier molecular flexibility index (Phi) is 9.11. The molecule has 1 fully saturated rings. The van der Waals surface area contributed by atoms with Crippen LogP contribution in [0.1, 0.15) is 57.0 Å². The number of nitrogens with zero attached hydrogens (tertiary/aromatic N) is 3. The molecule has 1 saturated heterocycles. The summed E-state index contributed by atoms with van der Waals surface area (Å²) in [6.07, 6.45) is 3.61. The first-order valence-electron chi connectivity index (χ1n) is 11.2. The molecule has 3 rings (SSSR count). The standard InChI is InChI=1S/C23H33N5O3S/c1-16(2)13-19(17-7-4-3-5-8-17)25-22(30)15-32-23-27-26-21(11-10-20(24)29)28(23)14-18-9-6-12-31-18/h3-5,7-8,16,18-19H,6,9-15H2,1-2H3,(H2,24,29)(H,25,30). The predicted molar refractivity (Wildman–Crippen MR) is 124 cm³/mol. The maximum Gasteiger partial charge on any atom is 0.230 e. The molecule has 2 atom stereocenters. The lowest BCUT2D eigenvalue weighted by Crippen LogP contribution is -2.31. The number of rotatable bonds is 12. The van der Waals surface area contributed by atoms with E-state index in [0.29, 0.717) is 29.9 Å². The Hall–Kier alpha value is -2.39. The average molecular weight is 460 g/mol. The Morgan fingerprint density at radius 2 is 2.06 bits per heavy atom. The molecular weight excluding hydrogens is 426 g/mol. The zero-order valence-corrected chi connectivity index (χ0v) is 19.6. The van der Waals surface area contributed by atoms with Gasteiger partial charge in [0, 0.05) is 19.4 Å². The summed E-state index contributed by atoms with van der Waals surface area (Å²) >= 11 is 1.36. The monoisotopic (exact) mass is 459 g/mol. The van der Waals surface area contributed by atoms with Gasteiger partial charge in [0.15, 0.2) is 5.16 Å². The summed E-state index contributed by atoms with van der Waals surface area (Å²) in [4.78, 5) is 24.0. The molecule has 0 radical (unpaired) electrons. The Morgan fingerprint density at radius 1 is 1.28 bits per heavy atom. The van der Waals surface area contributed by atoms with Crippen LogP contribution in [-0.2, 0) is 27.3 Å². The highest BCUT2D eigenvalue weighted by atomic mass is 32.2. The minimum Gasteiger partial charge on any atom is -0.376 e. The number of benzene rings is 1. The molecule has 0 aliphatic carbocycles. The Morgan fingerprint density at radius 3 is 2.72 bits per heavy atom. The van der Waals surface area contributed by atoms with E-state index in [9.17, 15) is 9.59 Å². The second-order valence-electron chi connectivity index (χ2n) is 8.56. The number of carbonyl (C=O) groups excluding carboxylic acids is 2. The number of hydrogen-bond acceptors (Lipinski definition) is 6. The lowest BCUT2D eigenvalue weighted by molar-refractivity contribution is -0.119. The summed E-state index contributed by atoms with van der Waals surface area (Å²) in [5, 5.41) is 12.4. The molecule has 8 nitrogen and oxygen atoms in total. The van der Waals surface area contributed by atoms with Crippen molar-refractivity contribution in [2.75, 3.05) is 12.4 Å². The van der Waals surface area contributed by atoms with Crippen LogP contribution in [0.5, 0.6) is 0 Å². The molecule has 2 aromatic rings. The normalized spacial score (nSPS) is 16.9. The number of carbonyl (C=O) groups is 2. The number of ether oxygens (including phenoxy) is 1. The number of thioether (sulfide) groups is 1. The summed E-state index contributed by atoms with van der Waals surface area (Å²) in [5.41, 5.74) is 6.41. The molecule has 32 heavy (non-hydrogen) atoms. The fourth-order valence-electron chi connectivity index (χ4n) is 3.82. The number of amides is 2. The molecular formula is C23H33N5O3S. The van der Waals surface area contributed by atoms with Crippen molar-refractivity contribution < 1.29 is 14.3 Å². The second kappa shape index (κ2) is 12.0. The van der Waals surface area contributed by atoms with Crippen molar-refractivity contribution in [1.29, 1.82) is 0 Å². The molecule has 1 aliphatic heterocycles. The smallest absolute Gasteiger partial charge is 0.230 e. The molecule has 2 heterocycles. The zero-order valence-electron chi connectivity index (χ0n) is 18.8. The molecule has 0 bridgehead atoms. The lowest BCUT2D eigenvalue weighted by Gasteiger charge is -2.21. The number of hydrogen-bond donors (Lipinski definition) is 2. The van der Waals surface area contributed by atoms with E-state index in [0.717, 1.165) is 31.4 Å². The fourth-order valence-corrected chi connectivity index (χ4v) is 4.60. The predicted octanol–water partition coefficient (Wildman–Crippen LogP) is 2.87. The van der Waals surface area contributed by atoms with Crippen molar-refractivity contribution in [2.24, 2.45) is 11.7 Å². The summed E-state index contributed by atoms with van der Waals surface area (Å²) < 4.78 is 7.74. The molecule has 1 aliphatic rings. The van der Waals surface area contributed by atoms with Crippen molar-refractivity contribution >= 4 is 23.6 Å². The van der Waals surface area contributed by atoms with Gasteiger partial charge in [-0.05, 0) is 30.7 Å². The van der Waals surface area contributed by atoms with E-state index in [1.54, 1.807) is 0 Å². The molecule has 174 valence electrons. The Labute approximate surface area is 193 Å². The van der Waals surface area contributed by atoms with Gasteiger partial charge < -0.3 is 20.4 Å². The van der Waals surface area contributed by atoms with Crippen LogP contribution in [0.4, 0.5) is 0 Å². The van der Waals surface area contributed by atoms with Gasteiger partial charge in [-0.15, -0.1) is 10.2 Å². The Bertz CT molecular complexity index is 881. The van der Waals surface area contributed by atoms with Crippen LogP contribution in [-0.4, -0.2) is 45.0 Å². The number of nitrogens with one attached hydrogen (secondary N) is 1. The summed E-state index contributed by atoms with van der Waals surface area (Å²) in [6, 6.07) is 10.0. The molecule has 0 spiro atoms. The molecule has 0 saturated carbocycles. The maximum absolute atomic E-state index is 12.8. The first-order valence-corrected chi connectivity index (χ1v) is 12.2. The highest BCUT2D eigenvalue weighted by molar-refractivity contribution is 7.99. The van der Waals surface area contributed by atoms with Crippen LogP contribution < -0.4 is 11.1 Å². The second-order valence-corrected chi connectivity index (χ2v) is 9.50. The van der Waals surface area contributed by atoms with Crippen molar-refractivity contribution in [3.63, 3.8) is 0 Å². The summed E-state index contributed by atoms with van der Waals surface area (Å²) in [5.74, 6) is 0.970. The van der Waals surface area contributed by atoms with Gasteiger partial charge in [0.2, 0.25) is 11.8 Å². The zero-order chi connectivity index (χ0) is 22.9. The van der Waals surface area contributed by atoms with Gasteiger partial charge in [-0.25, -0.2) is 0 Å². The Balaban J connectivity index is 1.65. The minimum absolute atomic E-state index is 0.0276. The highest BCUT2D eigenvalue weighted by Crippen LogP contribution is 2.24. The van der Waals surface area contributed by atoms with E-state index in [4.69, 9.17) is 10.5 Å². The van der Waals surface area contributed by atoms with Gasteiger partial charge in [-0.1, -0.05) is 55.9 Å². The topological polar surface area (TPSA) is 112 Å². The van der Waals surface area contributed by atoms with Crippen LogP contribution in [0.25, 0.3) is 0 Å². The van der Waals surface area contributed by atoms with Crippen LogP contribution in [0.15, 0.2) is 35.5 Å². The molecule has 2 unspecified atom stereocenters. The van der Waals surface area contributed by atoms with Crippen LogP contribution >= 0.6 is 11.8 Å². The van der Waals surface area contributed by atoms with E-state index < -0.39 is 0 Å². The van der Waals surface area contributed by atoms with E-state index in [1.165, 1.54) is 11.8 Å². The van der Waals surface area contributed by atoms with Crippen LogP contribution in [0.2, 0.25) is 0 Å².